The summed E-state index contributed by atoms with van der Waals surface area (Å²) in [7, 11) is -3.93. The molecule has 2 aromatic carbocycles. The van der Waals surface area contributed by atoms with Gasteiger partial charge >= 0.3 is 5.97 Å². The molecule has 0 fully saturated rings. The summed E-state index contributed by atoms with van der Waals surface area (Å²) >= 11 is 0. The van der Waals surface area contributed by atoms with Crippen LogP contribution in [0.3, 0.4) is 0 Å². The molecule has 0 unspecified atom stereocenters. The molecule has 0 spiro atoms. The van der Waals surface area contributed by atoms with Gasteiger partial charge in [-0.2, -0.15) is 0 Å². The maximum Gasteiger partial charge on any atom is 0.305 e. The molecule has 0 aliphatic rings. The average molecular weight is 376 g/mol. The number of benzene rings is 2. The van der Waals surface area contributed by atoms with Crippen LogP contribution in [-0.2, 0) is 19.6 Å². The molecule has 26 heavy (non-hydrogen) atoms. The van der Waals surface area contributed by atoms with Crippen LogP contribution < -0.4 is 10.0 Å². The second-order valence-electron chi connectivity index (χ2n) is 5.89. The van der Waals surface area contributed by atoms with Gasteiger partial charge in [-0.1, -0.05) is 29.8 Å². The molecule has 8 heteroatoms. The Bertz CT molecular complexity index is 890. The second-order valence-corrected chi connectivity index (χ2v) is 7.60. The molecule has 0 bridgehead atoms. The highest BCUT2D eigenvalue weighted by Gasteiger charge is 2.23. The number of anilines is 1. The summed E-state index contributed by atoms with van der Waals surface area (Å²) in [5, 5.41) is 11.7. The molecule has 2 rings (SSSR count). The number of sulfonamides is 1. The number of aliphatic carboxylic acids is 1. The maximum atomic E-state index is 12.6. The van der Waals surface area contributed by atoms with Crippen molar-refractivity contribution in [3.05, 3.63) is 59.7 Å². The van der Waals surface area contributed by atoms with Gasteiger partial charge in [-0.15, -0.1) is 0 Å². The summed E-state index contributed by atoms with van der Waals surface area (Å²) in [5.74, 6) is -1.38. The van der Waals surface area contributed by atoms with E-state index >= 15 is 0 Å². The Labute approximate surface area is 152 Å². The van der Waals surface area contributed by atoms with Gasteiger partial charge in [0.25, 0.3) is 0 Å². The van der Waals surface area contributed by atoms with Crippen LogP contribution in [0.5, 0.6) is 0 Å². The second kappa shape index (κ2) is 8.11. The van der Waals surface area contributed by atoms with E-state index in [4.69, 9.17) is 5.11 Å². The molecule has 1 amide bonds. The molecule has 0 aliphatic heterocycles. The Balaban J connectivity index is 2.26. The number of hydrogen-bond acceptors (Lipinski definition) is 4. The average Bonchev–Trinajstić information content (AvgIpc) is 2.54. The van der Waals surface area contributed by atoms with Crippen LogP contribution in [0.25, 0.3) is 0 Å². The zero-order valence-electron chi connectivity index (χ0n) is 14.4. The van der Waals surface area contributed by atoms with E-state index in [2.05, 4.69) is 10.0 Å². The van der Waals surface area contributed by atoms with E-state index < -0.39 is 22.0 Å². The number of hydrogen-bond donors (Lipinski definition) is 3. The summed E-state index contributed by atoms with van der Waals surface area (Å²) in [6.45, 7) is 3.24. The van der Waals surface area contributed by atoms with E-state index in [0.29, 0.717) is 11.3 Å². The molecular formula is C18H20N2O5S. The summed E-state index contributed by atoms with van der Waals surface area (Å²) < 4.78 is 27.7. The van der Waals surface area contributed by atoms with Crippen LogP contribution in [0.2, 0.25) is 0 Å². The van der Waals surface area contributed by atoms with E-state index in [1.165, 1.54) is 31.2 Å². The molecular weight excluding hydrogens is 356 g/mol. The number of aryl methyl sites for hydroxylation is 1. The third kappa shape index (κ3) is 5.40. The topological polar surface area (TPSA) is 113 Å². The smallest absolute Gasteiger partial charge is 0.305 e. The van der Waals surface area contributed by atoms with Crippen molar-refractivity contribution in [3.8, 4) is 0 Å². The van der Waals surface area contributed by atoms with Gasteiger partial charge in [-0.3, -0.25) is 9.59 Å². The van der Waals surface area contributed by atoms with Crippen LogP contribution in [0.15, 0.2) is 53.4 Å². The Morgan fingerprint density at radius 3 is 2.12 bits per heavy atom. The third-order valence-corrected chi connectivity index (χ3v) is 5.13. The fourth-order valence-electron chi connectivity index (χ4n) is 2.38. The Kier molecular flexibility index (Phi) is 6.12. The van der Waals surface area contributed by atoms with Gasteiger partial charge in [0.1, 0.15) is 0 Å². The van der Waals surface area contributed by atoms with Crippen molar-refractivity contribution in [2.45, 2.75) is 31.2 Å². The van der Waals surface area contributed by atoms with Crippen LogP contribution >= 0.6 is 0 Å². The predicted octanol–water partition coefficient (Wildman–Crippen LogP) is 2.45. The van der Waals surface area contributed by atoms with E-state index in [0.717, 1.165) is 5.56 Å². The lowest BCUT2D eigenvalue weighted by atomic mass is 10.0. The normalized spacial score (nSPS) is 12.4. The minimum atomic E-state index is -3.93. The summed E-state index contributed by atoms with van der Waals surface area (Å²) in [5.41, 5.74) is 2.02. The number of carbonyl (C=O) groups excluding carboxylic acids is 1. The Morgan fingerprint density at radius 2 is 1.62 bits per heavy atom. The number of nitrogens with one attached hydrogen (secondary N) is 2. The van der Waals surface area contributed by atoms with Crippen molar-refractivity contribution in [2.75, 3.05) is 5.32 Å². The summed E-state index contributed by atoms with van der Waals surface area (Å²) in [6.07, 6.45) is -0.383. The molecule has 7 nitrogen and oxygen atoms in total. The minimum Gasteiger partial charge on any atom is -0.481 e. The van der Waals surface area contributed by atoms with E-state index in [-0.39, 0.29) is 17.2 Å². The lowest BCUT2D eigenvalue weighted by Crippen LogP contribution is -2.30. The number of carbonyl (C=O) groups is 2. The van der Waals surface area contributed by atoms with Crippen molar-refractivity contribution in [3.63, 3.8) is 0 Å². The van der Waals surface area contributed by atoms with Crippen LogP contribution in [0.1, 0.15) is 30.5 Å². The molecule has 0 aliphatic carbocycles. The molecule has 138 valence electrons. The van der Waals surface area contributed by atoms with Crippen molar-refractivity contribution < 1.29 is 23.1 Å². The van der Waals surface area contributed by atoms with Crippen molar-refractivity contribution in [1.82, 2.24) is 4.72 Å². The summed E-state index contributed by atoms with van der Waals surface area (Å²) in [4.78, 5) is 22.2. The van der Waals surface area contributed by atoms with Gasteiger partial charge in [0.2, 0.25) is 15.9 Å². The molecule has 0 saturated carbocycles. The standard InChI is InChI=1S/C18H20N2O5S/c1-12-3-5-14(6-4-12)17(11-18(22)23)20-26(24,25)16-9-7-15(8-10-16)19-13(2)21/h3-10,17,20H,11H2,1-2H3,(H,19,21)(H,22,23)/t17-/m0/s1. The van der Waals surface area contributed by atoms with Crippen molar-refractivity contribution in [1.29, 1.82) is 0 Å². The number of carboxylic acids is 1. The maximum absolute atomic E-state index is 12.6. The molecule has 3 N–H and O–H groups in total. The zero-order chi connectivity index (χ0) is 19.3. The number of rotatable bonds is 7. The van der Waals surface area contributed by atoms with Gasteiger partial charge < -0.3 is 10.4 Å². The molecule has 0 heterocycles. The Morgan fingerprint density at radius 1 is 1.04 bits per heavy atom. The highest BCUT2D eigenvalue weighted by molar-refractivity contribution is 7.89. The van der Waals surface area contributed by atoms with Gasteiger partial charge in [0.05, 0.1) is 17.4 Å². The highest BCUT2D eigenvalue weighted by atomic mass is 32.2. The van der Waals surface area contributed by atoms with Gasteiger partial charge in [0.15, 0.2) is 0 Å². The first-order valence-electron chi connectivity index (χ1n) is 7.86. The highest BCUT2D eigenvalue weighted by Crippen LogP contribution is 2.22. The number of amides is 1. The van der Waals surface area contributed by atoms with Gasteiger partial charge in [0, 0.05) is 12.6 Å². The Hall–Kier alpha value is -2.71. The summed E-state index contributed by atoms with van der Waals surface area (Å²) in [6, 6.07) is 11.7. The van der Waals surface area contributed by atoms with E-state index in [1.807, 2.05) is 6.92 Å². The largest absolute Gasteiger partial charge is 0.481 e. The van der Waals surface area contributed by atoms with Crippen molar-refractivity contribution >= 4 is 27.6 Å². The molecule has 0 saturated heterocycles. The fraction of sp³-hybridized carbons (Fsp3) is 0.222. The predicted molar refractivity (Wildman–Crippen MR) is 97.2 cm³/mol. The lowest BCUT2D eigenvalue weighted by molar-refractivity contribution is -0.137. The van der Waals surface area contributed by atoms with Crippen LogP contribution in [0.4, 0.5) is 5.69 Å². The molecule has 0 radical (unpaired) electrons. The van der Waals surface area contributed by atoms with Gasteiger partial charge in [-0.25, -0.2) is 13.1 Å². The quantitative estimate of drug-likeness (QED) is 0.687. The van der Waals surface area contributed by atoms with E-state index in [9.17, 15) is 18.0 Å². The first-order valence-corrected chi connectivity index (χ1v) is 9.34. The molecule has 1 atom stereocenters. The van der Waals surface area contributed by atoms with Crippen LogP contribution in [0, 0.1) is 6.92 Å². The van der Waals surface area contributed by atoms with Crippen LogP contribution in [-0.4, -0.2) is 25.4 Å². The molecule has 2 aromatic rings. The first kappa shape index (κ1) is 19.6. The fourth-order valence-corrected chi connectivity index (χ4v) is 3.60. The van der Waals surface area contributed by atoms with E-state index in [1.54, 1.807) is 24.3 Å². The van der Waals surface area contributed by atoms with Crippen molar-refractivity contribution in [2.24, 2.45) is 0 Å². The first-order chi connectivity index (χ1) is 12.2. The third-order valence-electron chi connectivity index (χ3n) is 3.64. The zero-order valence-corrected chi connectivity index (χ0v) is 15.2. The molecule has 0 aromatic heterocycles. The monoisotopic (exact) mass is 376 g/mol. The number of carboxylic acid groups (broad SMARTS) is 1. The SMILES string of the molecule is CC(=O)Nc1ccc(S(=O)(=O)N[C@@H](CC(=O)O)c2ccc(C)cc2)cc1. The van der Waals surface area contributed by atoms with Gasteiger partial charge in [-0.05, 0) is 36.8 Å². The lowest BCUT2D eigenvalue weighted by Gasteiger charge is -2.18. The minimum absolute atomic E-state index is 0.0193.